The molecule has 0 fully saturated rings. The van der Waals surface area contributed by atoms with Gasteiger partial charge in [-0.3, -0.25) is 4.79 Å². The van der Waals surface area contributed by atoms with Crippen molar-refractivity contribution in [2.75, 3.05) is 7.11 Å². The van der Waals surface area contributed by atoms with Crippen LogP contribution in [-0.2, 0) is 7.05 Å². The first-order chi connectivity index (χ1) is 10.7. The average molecular weight is 289 g/mol. The van der Waals surface area contributed by atoms with Crippen LogP contribution >= 0.6 is 0 Å². The van der Waals surface area contributed by atoms with Crippen LogP contribution in [0.3, 0.4) is 0 Å². The fourth-order valence-corrected chi connectivity index (χ4v) is 2.40. The smallest absolute Gasteiger partial charge is 0.238 e. The molecule has 3 heteroatoms. The summed E-state index contributed by atoms with van der Waals surface area (Å²) in [5, 5.41) is 0.856. The minimum absolute atomic E-state index is 0.192. The van der Waals surface area contributed by atoms with Crippen LogP contribution < -0.4 is 4.74 Å². The molecule has 1 heterocycles. The number of hydrogen-bond acceptors (Lipinski definition) is 2. The molecule has 0 spiro atoms. The van der Waals surface area contributed by atoms with Crippen molar-refractivity contribution >= 4 is 16.7 Å². The first-order valence-electron chi connectivity index (χ1n) is 6.93. The number of carbonyl (C=O) groups is 1. The van der Waals surface area contributed by atoms with E-state index in [2.05, 4.69) is 11.8 Å². The van der Waals surface area contributed by atoms with Gasteiger partial charge < -0.3 is 9.30 Å². The van der Waals surface area contributed by atoms with E-state index in [0.29, 0.717) is 5.56 Å². The van der Waals surface area contributed by atoms with E-state index in [9.17, 15) is 4.79 Å². The second-order valence-electron chi connectivity index (χ2n) is 4.98. The number of aryl methyl sites for hydroxylation is 1. The second kappa shape index (κ2) is 5.79. The molecule has 3 rings (SSSR count). The highest BCUT2D eigenvalue weighted by atomic mass is 16.5. The molecule has 0 aliphatic rings. The lowest BCUT2D eigenvalue weighted by Crippen LogP contribution is -1.94. The zero-order valence-corrected chi connectivity index (χ0v) is 12.5. The summed E-state index contributed by atoms with van der Waals surface area (Å²) in [6.45, 7) is 0. The molecular formula is C19H15NO2. The molecule has 0 bridgehead atoms. The monoisotopic (exact) mass is 289 g/mol. The molecule has 0 N–H and O–H groups in total. The Balaban J connectivity index is 2.03. The third kappa shape index (κ3) is 2.59. The molecule has 2 aromatic carbocycles. The van der Waals surface area contributed by atoms with Gasteiger partial charge in [0, 0.05) is 29.7 Å². The van der Waals surface area contributed by atoms with Gasteiger partial charge in [-0.1, -0.05) is 24.1 Å². The van der Waals surface area contributed by atoms with Gasteiger partial charge in [0.2, 0.25) is 5.78 Å². The summed E-state index contributed by atoms with van der Waals surface area (Å²) in [6.07, 6.45) is 1.81. The number of fused-ring (bicyclic) bond motifs is 1. The normalized spacial score (nSPS) is 10.1. The Kier molecular flexibility index (Phi) is 3.67. The van der Waals surface area contributed by atoms with Gasteiger partial charge in [-0.2, -0.15) is 0 Å². The Morgan fingerprint density at radius 2 is 1.91 bits per heavy atom. The van der Waals surface area contributed by atoms with Crippen molar-refractivity contribution in [2.45, 2.75) is 0 Å². The number of hydrogen-bond donors (Lipinski definition) is 0. The highest BCUT2D eigenvalue weighted by Crippen LogP contribution is 2.25. The van der Waals surface area contributed by atoms with Gasteiger partial charge in [-0.15, -0.1) is 0 Å². The van der Waals surface area contributed by atoms with Crippen molar-refractivity contribution in [3.05, 3.63) is 65.9 Å². The van der Waals surface area contributed by atoms with Crippen LogP contribution in [0.15, 0.2) is 54.7 Å². The van der Waals surface area contributed by atoms with Gasteiger partial charge >= 0.3 is 0 Å². The van der Waals surface area contributed by atoms with Crippen molar-refractivity contribution in [1.29, 1.82) is 0 Å². The maximum absolute atomic E-state index is 12.4. The Labute approximate surface area is 129 Å². The number of ether oxygens (including phenoxy) is 1. The summed E-state index contributed by atoms with van der Waals surface area (Å²) in [5.41, 5.74) is 2.40. The highest BCUT2D eigenvalue weighted by molar-refractivity contribution is 6.16. The van der Waals surface area contributed by atoms with Gasteiger partial charge in [0.25, 0.3) is 0 Å². The quantitative estimate of drug-likeness (QED) is 0.534. The molecule has 0 saturated heterocycles. The maximum atomic E-state index is 12.4. The summed E-state index contributed by atoms with van der Waals surface area (Å²) in [4.78, 5) is 12.4. The summed E-state index contributed by atoms with van der Waals surface area (Å²) in [7, 11) is 3.52. The van der Waals surface area contributed by atoms with Gasteiger partial charge in [0.1, 0.15) is 5.75 Å². The first kappa shape index (κ1) is 14.0. The van der Waals surface area contributed by atoms with E-state index in [1.165, 1.54) is 0 Å². The fourth-order valence-electron chi connectivity index (χ4n) is 2.40. The Morgan fingerprint density at radius 3 is 2.64 bits per heavy atom. The van der Waals surface area contributed by atoms with Crippen LogP contribution in [0, 0.1) is 11.8 Å². The van der Waals surface area contributed by atoms with Crippen molar-refractivity contribution in [1.82, 2.24) is 4.57 Å². The van der Waals surface area contributed by atoms with E-state index in [-0.39, 0.29) is 5.78 Å². The third-order valence-electron chi connectivity index (χ3n) is 3.54. The third-order valence-corrected chi connectivity index (χ3v) is 3.54. The molecule has 22 heavy (non-hydrogen) atoms. The van der Waals surface area contributed by atoms with E-state index >= 15 is 0 Å². The summed E-state index contributed by atoms with van der Waals surface area (Å²) in [5.74, 6) is 6.15. The van der Waals surface area contributed by atoms with E-state index in [1.807, 2.05) is 66.3 Å². The first-order valence-corrected chi connectivity index (χ1v) is 6.93. The van der Waals surface area contributed by atoms with Crippen molar-refractivity contribution in [3.8, 4) is 17.6 Å². The largest absolute Gasteiger partial charge is 0.497 e. The topological polar surface area (TPSA) is 31.2 Å². The molecule has 3 aromatic rings. The summed E-state index contributed by atoms with van der Waals surface area (Å²) >= 11 is 0. The molecule has 108 valence electrons. The molecule has 0 atom stereocenters. The van der Waals surface area contributed by atoms with Gasteiger partial charge in [0.05, 0.1) is 12.7 Å². The van der Waals surface area contributed by atoms with E-state index in [4.69, 9.17) is 4.74 Å². The highest BCUT2D eigenvalue weighted by Gasteiger charge is 2.13. The van der Waals surface area contributed by atoms with Gasteiger partial charge in [-0.05, 0) is 36.3 Å². The Bertz CT molecular complexity index is 896. The van der Waals surface area contributed by atoms with E-state index < -0.39 is 0 Å². The Hall–Kier alpha value is -2.99. The van der Waals surface area contributed by atoms with Crippen LogP contribution in [0.25, 0.3) is 10.9 Å². The minimum Gasteiger partial charge on any atom is -0.497 e. The maximum Gasteiger partial charge on any atom is 0.238 e. The van der Waals surface area contributed by atoms with Crippen molar-refractivity contribution in [3.63, 3.8) is 0 Å². The summed E-state index contributed by atoms with van der Waals surface area (Å²) in [6, 6.07) is 15.2. The zero-order valence-electron chi connectivity index (χ0n) is 12.5. The van der Waals surface area contributed by atoms with Crippen LogP contribution in [-0.4, -0.2) is 17.5 Å². The molecule has 1 aromatic heterocycles. The summed E-state index contributed by atoms with van der Waals surface area (Å²) < 4.78 is 7.16. The minimum atomic E-state index is -0.192. The average Bonchev–Trinajstić information content (AvgIpc) is 2.90. The van der Waals surface area contributed by atoms with Crippen LogP contribution in [0.2, 0.25) is 0 Å². The molecular weight excluding hydrogens is 274 g/mol. The predicted molar refractivity (Wildman–Crippen MR) is 87.1 cm³/mol. The van der Waals surface area contributed by atoms with E-state index in [0.717, 1.165) is 22.2 Å². The zero-order chi connectivity index (χ0) is 15.5. The lowest BCUT2D eigenvalue weighted by Gasteiger charge is -2.00. The number of aromatic nitrogens is 1. The molecule has 0 aliphatic heterocycles. The van der Waals surface area contributed by atoms with Crippen molar-refractivity contribution < 1.29 is 9.53 Å². The molecule has 0 radical (unpaired) electrons. The SMILES string of the molecule is COc1ccc2c(c1)c(C(=O)C#Cc1ccccc1)cn2C. The molecule has 0 amide bonds. The van der Waals surface area contributed by atoms with E-state index in [1.54, 1.807) is 7.11 Å². The molecule has 0 unspecified atom stereocenters. The Morgan fingerprint density at radius 1 is 1.14 bits per heavy atom. The standard InChI is InChI=1S/C19H15NO2/c1-20-13-17(16-12-15(22-2)9-10-18(16)20)19(21)11-8-14-6-4-3-5-7-14/h3-7,9-10,12-13H,1-2H3. The van der Waals surface area contributed by atoms with Crippen LogP contribution in [0.1, 0.15) is 15.9 Å². The van der Waals surface area contributed by atoms with Crippen molar-refractivity contribution in [2.24, 2.45) is 7.05 Å². The van der Waals surface area contributed by atoms with Gasteiger partial charge in [-0.25, -0.2) is 0 Å². The lowest BCUT2D eigenvalue weighted by atomic mass is 10.1. The number of benzene rings is 2. The molecule has 0 aliphatic carbocycles. The number of Topliss-reactive ketones (excluding diaryl/α,β-unsaturated/α-hetero) is 1. The number of carbonyl (C=O) groups excluding carboxylic acids is 1. The van der Waals surface area contributed by atoms with Gasteiger partial charge in [0.15, 0.2) is 0 Å². The molecule has 3 nitrogen and oxygen atoms in total. The van der Waals surface area contributed by atoms with Crippen LogP contribution in [0.4, 0.5) is 0 Å². The second-order valence-corrected chi connectivity index (χ2v) is 4.98. The fraction of sp³-hybridized carbons (Fsp3) is 0.105. The number of nitrogens with zero attached hydrogens (tertiary/aromatic N) is 1. The number of methoxy groups -OCH3 is 1. The number of rotatable bonds is 2. The number of ketones is 1. The predicted octanol–water partition coefficient (Wildman–Crippen LogP) is 3.42. The molecule has 0 saturated carbocycles. The lowest BCUT2D eigenvalue weighted by molar-refractivity contribution is 0.105. The van der Waals surface area contributed by atoms with Crippen LogP contribution in [0.5, 0.6) is 5.75 Å².